The van der Waals surface area contributed by atoms with Gasteiger partial charge in [-0.05, 0) is 52.8 Å². The molecule has 4 nitrogen and oxygen atoms in total. The van der Waals surface area contributed by atoms with Gasteiger partial charge in [-0.2, -0.15) is 0 Å². The Morgan fingerprint density at radius 3 is 2.38 bits per heavy atom. The van der Waals surface area contributed by atoms with Gasteiger partial charge < -0.3 is 14.0 Å². The quantitative estimate of drug-likeness (QED) is 0.576. The van der Waals surface area contributed by atoms with Crippen LogP contribution in [-0.4, -0.2) is 31.4 Å². The Labute approximate surface area is 129 Å². The normalized spacial score (nSPS) is 30.6. The van der Waals surface area contributed by atoms with Crippen LogP contribution in [0.5, 0.6) is 0 Å². The fraction of sp³-hybridized carbons (Fsp3) is 0.938. The largest absolute Gasteiger partial charge is 0.469 e. The number of ether oxygens (including phenoxy) is 1. The Morgan fingerprint density at radius 2 is 1.81 bits per heavy atom. The van der Waals surface area contributed by atoms with E-state index >= 15 is 0 Å². The fourth-order valence-corrected chi connectivity index (χ4v) is 3.47. The van der Waals surface area contributed by atoms with Crippen molar-refractivity contribution in [3.8, 4) is 0 Å². The van der Waals surface area contributed by atoms with Crippen LogP contribution in [0.15, 0.2) is 0 Å². The van der Waals surface area contributed by atoms with Gasteiger partial charge in [0.25, 0.3) is 0 Å². The van der Waals surface area contributed by atoms with Crippen LogP contribution < -0.4 is 0 Å². The van der Waals surface area contributed by atoms with Gasteiger partial charge in [-0.1, -0.05) is 19.3 Å². The van der Waals surface area contributed by atoms with Crippen LogP contribution in [0.1, 0.15) is 59.8 Å². The SMILES string of the molecule is COC(=O)C1CCCC1CCCB1OC(C)(C)C(C)(C)O1. The number of carbonyl (C=O) groups excluding carboxylic acids is 1. The minimum absolute atomic E-state index is 0.0341. The zero-order valence-corrected chi connectivity index (χ0v) is 14.1. The lowest BCUT2D eigenvalue weighted by Crippen LogP contribution is -2.41. The summed E-state index contributed by atoms with van der Waals surface area (Å²) in [6, 6.07) is 0. The third kappa shape index (κ3) is 3.62. The Morgan fingerprint density at radius 1 is 1.19 bits per heavy atom. The maximum Gasteiger partial charge on any atom is 0.457 e. The third-order valence-corrected chi connectivity index (χ3v) is 5.48. The number of carbonyl (C=O) groups is 1. The topological polar surface area (TPSA) is 44.8 Å². The van der Waals surface area contributed by atoms with Gasteiger partial charge in [0, 0.05) is 0 Å². The lowest BCUT2D eigenvalue weighted by molar-refractivity contribution is -0.146. The maximum absolute atomic E-state index is 11.7. The minimum atomic E-state index is -0.250. The first-order valence-corrected chi connectivity index (χ1v) is 8.20. The number of methoxy groups -OCH3 is 1. The summed E-state index contributed by atoms with van der Waals surface area (Å²) in [5, 5.41) is 0. The molecular weight excluding hydrogens is 267 g/mol. The molecule has 2 rings (SSSR count). The summed E-state index contributed by atoms with van der Waals surface area (Å²) in [6.45, 7) is 8.32. The predicted octanol–water partition coefficient (Wildman–Crippen LogP) is 3.45. The fourth-order valence-electron chi connectivity index (χ4n) is 3.47. The molecule has 0 N–H and O–H groups in total. The van der Waals surface area contributed by atoms with Crippen molar-refractivity contribution in [3.05, 3.63) is 0 Å². The van der Waals surface area contributed by atoms with Crippen molar-refractivity contribution in [1.29, 1.82) is 0 Å². The van der Waals surface area contributed by atoms with Gasteiger partial charge in [0.2, 0.25) is 0 Å². The van der Waals surface area contributed by atoms with Crippen LogP contribution >= 0.6 is 0 Å². The van der Waals surface area contributed by atoms with Gasteiger partial charge in [0.1, 0.15) is 0 Å². The van der Waals surface area contributed by atoms with E-state index in [1.807, 2.05) is 0 Å². The molecule has 1 heterocycles. The molecule has 1 saturated carbocycles. The second-order valence-electron chi connectivity index (χ2n) is 7.44. The second-order valence-corrected chi connectivity index (χ2v) is 7.44. The summed E-state index contributed by atoms with van der Waals surface area (Å²) in [7, 11) is 1.37. The van der Waals surface area contributed by atoms with Crippen LogP contribution in [0.25, 0.3) is 0 Å². The molecule has 21 heavy (non-hydrogen) atoms. The number of esters is 1. The van der Waals surface area contributed by atoms with E-state index in [9.17, 15) is 4.79 Å². The third-order valence-electron chi connectivity index (χ3n) is 5.48. The monoisotopic (exact) mass is 296 g/mol. The Bertz CT molecular complexity index is 364. The van der Waals surface area contributed by atoms with Crippen LogP contribution in [0.3, 0.4) is 0 Å². The van der Waals surface area contributed by atoms with Crippen molar-refractivity contribution in [2.45, 2.75) is 77.3 Å². The van der Waals surface area contributed by atoms with E-state index in [2.05, 4.69) is 27.7 Å². The van der Waals surface area contributed by atoms with E-state index in [0.29, 0.717) is 5.92 Å². The molecule has 2 fully saturated rings. The number of hydrogen-bond acceptors (Lipinski definition) is 4. The molecule has 2 unspecified atom stereocenters. The zero-order valence-electron chi connectivity index (χ0n) is 14.1. The molecular formula is C16H29BO4. The summed E-state index contributed by atoms with van der Waals surface area (Å²) >= 11 is 0. The molecule has 0 aromatic rings. The first kappa shape index (κ1) is 16.8. The minimum Gasteiger partial charge on any atom is -0.469 e. The maximum atomic E-state index is 11.7. The molecule has 1 saturated heterocycles. The van der Waals surface area contributed by atoms with Gasteiger partial charge in [0.05, 0.1) is 24.2 Å². The van der Waals surface area contributed by atoms with Crippen molar-refractivity contribution in [2.75, 3.05) is 7.11 Å². The van der Waals surface area contributed by atoms with Crippen LogP contribution in [0, 0.1) is 11.8 Å². The van der Waals surface area contributed by atoms with E-state index in [0.717, 1.165) is 38.4 Å². The van der Waals surface area contributed by atoms with E-state index in [1.54, 1.807) is 0 Å². The molecule has 0 amide bonds. The van der Waals surface area contributed by atoms with Crippen molar-refractivity contribution in [1.82, 2.24) is 0 Å². The average Bonchev–Trinajstić information content (AvgIpc) is 2.92. The molecule has 0 aromatic carbocycles. The zero-order chi connectivity index (χ0) is 15.7. The number of rotatable bonds is 5. The standard InChI is InChI=1S/C16H29BO4/c1-15(2)16(3,4)21-17(20-15)11-7-9-12-8-6-10-13(12)14(18)19-5/h12-13H,6-11H2,1-5H3. The molecule has 2 atom stereocenters. The molecule has 120 valence electrons. The molecule has 0 spiro atoms. The Hall–Kier alpha value is -0.545. The molecule has 0 bridgehead atoms. The van der Waals surface area contributed by atoms with Gasteiger partial charge in [-0.25, -0.2) is 0 Å². The van der Waals surface area contributed by atoms with E-state index in [-0.39, 0.29) is 30.2 Å². The van der Waals surface area contributed by atoms with Gasteiger partial charge in [-0.15, -0.1) is 0 Å². The highest BCUT2D eigenvalue weighted by molar-refractivity contribution is 6.45. The van der Waals surface area contributed by atoms with Crippen molar-refractivity contribution < 1.29 is 18.8 Å². The van der Waals surface area contributed by atoms with E-state index in [4.69, 9.17) is 14.0 Å². The highest BCUT2D eigenvalue weighted by Crippen LogP contribution is 2.40. The van der Waals surface area contributed by atoms with Crippen LogP contribution in [-0.2, 0) is 18.8 Å². The smallest absolute Gasteiger partial charge is 0.457 e. The molecule has 1 aliphatic heterocycles. The molecule has 0 radical (unpaired) electrons. The first-order chi connectivity index (χ1) is 9.77. The van der Waals surface area contributed by atoms with Gasteiger partial charge in [-0.3, -0.25) is 4.79 Å². The highest BCUT2D eigenvalue weighted by Gasteiger charge is 2.50. The average molecular weight is 296 g/mol. The van der Waals surface area contributed by atoms with E-state index < -0.39 is 0 Å². The van der Waals surface area contributed by atoms with Crippen molar-refractivity contribution >= 4 is 13.1 Å². The highest BCUT2D eigenvalue weighted by atomic mass is 16.7. The summed E-state index contributed by atoms with van der Waals surface area (Å²) in [5.41, 5.74) is -0.501. The molecule has 0 aromatic heterocycles. The second kappa shape index (κ2) is 6.29. The summed E-state index contributed by atoms with van der Waals surface area (Å²) in [6.07, 6.45) is 6.26. The van der Waals surface area contributed by atoms with Crippen LogP contribution in [0.2, 0.25) is 6.32 Å². The van der Waals surface area contributed by atoms with Gasteiger partial charge in [0.15, 0.2) is 0 Å². The molecule has 2 aliphatic rings. The van der Waals surface area contributed by atoms with Gasteiger partial charge >= 0.3 is 13.1 Å². The summed E-state index contributed by atoms with van der Waals surface area (Å²) in [5.74, 6) is 0.543. The van der Waals surface area contributed by atoms with Crippen molar-refractivity contribution in [2.24, 2.45) is 11.8 Å². The first-order valence-electron chi connectivity index (χ1n) is 8.20. The van der Waals surface area contributed by atoms with Crippen molar-refractivity contribution in [3.63, 3.8) is 0 Å². The lowest BCUT2D eigenvalue weighted by Gasteiger charge is -2.32. The Kier molecular flexibility index (Phi) is 5.04. The number of hydrogen-bond donors (Lipinski definition) is 0. The molecule has 5 heteroatoms. The summed E-state index contributed by atoms with van der Waals surface area (Å²) < 4.78 is 16.9. The van der Waals surface area contributed by atoms with Crippen LogP contribution in [0.4, 0.5) is 0 Å². The van der Waals surface area contributed by atoms with E-state index in [1.165, 1.54) is 7.11 Å². The predicted molar refractivity (Wildman–Crippen MR) is 83.0 cm³/mol. The summed E-state index contributed by atoms with van der Waals surface area (Å²) in [4.78, 5) is 11.7. The molecule has 1 aliphatic carbocycles. The lowest BCUT2D eigenvalue weighted by atomic mass is 9.79. The Balaban J connectivity index is 1.77.